The summed E-state index contributed by atoms with van der Waals surface area (Å²) in [7, 11) is 2.12. The summed E-state index contributed by atoms with van der Waals surface area (Å²) < 4.78 is 0. The smallest absolute Gasteiger partial charge is 0.0133 e. The minimum absolute atomic E-state index is 0.666. The van der Waals surface area contributed by atoms with E-state index in [-0.39, 0.29) is 0 Å². The van der Waals surface area contributed by atoms with E-state index in [2.05, 4.69) is 44.4 Å². The van der Waals surface area contributed by atoms with Crippen LogP contribution in [0.5, 0.6) is 0 Å². The van der Waals surface area contributed by atoms with Crippen molar-refractivity contribution in [1.29, 1.82) is 0 Å². The first-order chi connectivity index (χ1) is 8.22. The topological polar surface area (TPSA) is 12.0 Å². The van der Waals surface area contributed by atoms with E-state index in [9.17, 15) is 0 Å². The zero-order chi connectivity index (χ0) is 12.3. The molecule has 1 aliphatic rings. The fraction of sp³-hybridized carbons (Fsp3) is 0.625. The van der Waals surface area contributed by atoms with Gasteiger partial charge < -0.3 is 5.32 Å². The Kier molecular flexibility index (Phi) is 4.22. The normalized spacial score (nSPS) is 25.6. The molecule has 0 aromatic heterocycles. The maximum absolute atomic E-state index is 3.53. The van der Waals surface area contributed by atoms with Crippen molar-refractivity contribution < 1.29 is 0 Å². The third kappa shape index (κ3) is 2.90. The van der Waals surface area contributed by atoms with Gasteiger partial charge in [-0.05, 0) is 56.3 Å². The molecule has 0 saturated heterocycles. The number of likely N-dealkylation sites (N-methyl/N-ethyl adjacent to an activating group) is 1. The number of benzene rings is 1. The number of nitrogens with one attached hydrogen (secondary N) is 1. The lowest BCUT2D eigenvalue weighted by Gasteiger charge is -2.25. The van der Waals surface area contributed by atoms with E-state index < -0.39 is 0 Å². The second-order valence-electron chi connectivity index (χ2n) is 5.48. The SMILES string of the molecule is CNC1CCCCCC1c1ccc(C)c(C)c1. The summed E-state index contributed by atoms with van der Waals surface area (Å²) in [5, 5.41) is 3.53. The number of aryl methyl sites for hydroxylation is 2. The van der Waals surface area contributed by atoms with Crippen molar-refractivity contribution >= 4 is 0 Å². The Hall–Kier alpha value is -0.820. The van der Waals surface area contributed by atoms with Gasteiger partial charge in [0.25, 0.3) is 0 Å². The Morgan fingerprint density at radius 1 is 1.00 bits per heavy atom. The van der Waals surface area contributed by atoms with Crippen molar-refractivity contribution in [2.75, 3.05) is 7.05 Å². The van der Waals surface area contributed by atoms with E-state index in [0.29, 0.717) is 12.0 Å². The quantitative estimate of drug-likeness (QED) is 0.760. The third-order valence-electron chi connectivity index (χ3n) is 4.35. The predicted octanol–water partition coefficient (Wildman–Crippen LogP) is 3.94. The molecule has 1 aromatic rings. The summed E-state index contributed by atoms with van der Waals surface area (Å²) >= 11 is 0. The van der Waals surface area contributed by atoms with Gasteiger partial charge in [0.15, 0.2) is 0 Å². The van der Waals surface area contributed by atoms with Crippen LogP contribution in [-0.2, 0) is 0 Å². The first kappa shape index (κ1) is 12.6. The molecule has 1 fully saturated rings. The fourth-order valence-corrected chi connectivity index (χ4v) is 3.05. The molecule has 2 rings (SSSR count). The zero-order valence-corrected chi connectivity index (χ0v) is 11.4. The van der Waals surface area contributed by atoms with Gasteiger partial charge in [0.2, 0.25) is 0 Å². The van der Waals surface area contributed by atoms with Crippen LogP contribution in [-0.4, -0.2) is 13.1 Å². The predicted molar refractivity (Wildman–Crippen MR) is 74.6 cm³/mol. The van der Waals surface area contributed by atoms with Crippen LogP contribution in [0.15, 0.2) is 18.2 Å². The molecule has 1 aliphatic carbocycles. The lowest BCUT2D eigenvalue weighted by molar-refractivity contribution is 0.439. The van der Waals surface area contributed by atoms with Gasteiger partial charge in [-0.25, -0.2) is 0 Å². The molecule has 0 heterocycles. The van der Waals surface area contributed by atoms with Crippen LogP contribution in [0.2, 0.25) is 0 Å². The van der Waals surface area contributed by atoms with Gasteiger partial charge in [-0.3, -0.25) is 0 Å². The van der Waals surface area contributed by atoms with Gasteiger partial charge >= 0.3 is 0 Å². The van der Waals surface area contributed by atoms with Gasteiger partial charge in [-0.15, -0.1) is 0 Å². The molecule has 94 valence electrons. The summed E-state index contributed by atoms with van der Waals surface area (Å²) in [6, 6.07) is 7.68. The number of hydrogen-bond donors (Lipinski definition) is 1. The van der Waals surface area contributed by atoms with Crippen LogP contribution >= 0.6 is 0 Å². The van der Waals surface area contributed by atoms with Crippen molar-refractivity contribution in [2.45, 2.75) is 57.9 Å². The Labute approximate surface area is 106 Å². The fourth-order valence-electron chi connectivity index (χ4n) is 3.05. The second kappa shape index (κ2) is 5.68. The maximum Gasteiger partial charge on any atom is 0.0133 e. The summed E-state index contributed by atoms with van der Waals surface area (Å²) in [4.78, 5) is 0. The van der Waals surface area contributed by atoms with Gasteiger partial charge in [-0.2, -0.15) is 0 Å². The number of hydrogen-bond acceptors (Lipinski definition) is 1. The highest BCUT2D eigenvalue weighted by atomic mass is 14.9. The molecule has 1 saturated carbocycles. The van der Waals surface area contributed by atoms with Crippen molar-refractivity contribution in [3.63, 3.8) is 0 Å². The van der Waals surface area contributed by atoms with Gasteiger partial charge in [0.05, 0.1) is 0 Å². The van der Waals surface area contributed by atoms with E-state index >= 15 is 0 Å². The van der Waals surface area contributed by atoms with Crippen molar-refractivity contribution in [3.8, 4) is 0 Å². The molecule has 0 bridgehead atoms. The molecule has 0 amide bonds. The molecule has 1 heteroatoms. The highest BCUT2D eigenvalue weighted by molar-refractivity contribution is 5.32. The molecule has 17 heavy (non-hydrogen) atoms. The summed E-state index contributed by atoms with van der Waals surface area (Å²) in [6.07, 6.45) is 6.84. The van der Waals surface area contributed by atoms with E-state index in [1.807, 2.05) is 0 Å². The molecule has 2 unspecified atom stereocenters. The highest BCUT2D eigenvalue weighted by Crippen LogP contribution is 2.32. The minimum atomic E-state index is 0.666. The molecular weight excluding hydrogens is 206 g/mol. The lowest BCUT2D eigenvalue weighted by atomic mass is 9.86. The average Bonchev–Trinajstić information content (AvgIpc) is 2.57. The Bertz CT molecular complexity index is 370. The summed E-state index contributed by atoms with van der Waals surface area (Å²) in [5.74, 6) is 0.710. The molecule has 1 nitrogen and oxygen atoms in total. The summed E-state index contributed by atoms with van der Waals surface area (Å²) in [6.45, 7) is 4.42. The average molecular weight is 231 g/mol. The van der Waals surface area contributed by atoms with Gasteiger partial charge in [-0.1, -0.05) is 37.5 Å². The van der Waals surface area contributed by atoms with Crippen LogP contribution < -0.4 is 5.32 Å². The Balaban J connectivity index is 2.25. The number of rotatable bonds is 2. The monoisotopic (exact) mass is 231 g/mol. The largest absolute Gasteiger partial charge is 0.316 e. The Morgan fingerprint density at radius 2 is 1.76 bits per heavy atom. The molecule has 2 atom stereocenters. The van der Waals surface area contributed by atoms with E-state index in [4.69, 9.17) is 0 Å². The lowest BCUT2D eigenvalue weighted by Crippen LogP contribution is -2.31. The van der Waals surface area contributed by atoms with E-state index in [0.717, 1.165) is 0 Å². The standard InChI is InChI=1S/C16H25N/c1-12-9-10-14(11-13(12)2)15-7-5-4-6-8-16(15)17-3/h9-11,15-17H,4-8H2,1-3H3. The Morgan fingerprint density at radius 3 is 2.47 bits per heavy atom. The molecular formula is C16H25N. The minimum Gasteiger partial charge on any atom is -0.316 e. The van der Waals surface area contributed by atoms with Crippen LogP contribution in [0, 0.1) is 13.8 Å². The van der Waals surface area contributed by atoms with Gasteiger partial charge in [0.1, 0.15) is 0 Å². The van der Waals surface area contributed by atoms with Gasteiger partial charge in [0, 0.05) is 6.04 Å². The third-order valence-corrected chi connectivity index (χ3v) is 4.35. The highest BCUT2D eigenvalue weighted by Gasteiger charge is 2.23. The zero-order valence-electron chi connectivity index (χ0n) is 11.4. The van der Waals surface area contributed by atoms with Crippen LogP contribution in [0.3, 0.4) is 0 Å². The first-order valence-corrected chi connectivity index (χ1v) is 6.97. The van der Waals surface area contributed by atoms with Crippen LogP contribution in [0.4, 0.5) is 0 Å². The second-order valence-corrected chi connectivity index (χ2v) is 5.48. The van der Waals surface area contributed by atoms with Crippen LogP contribution in [0.1, 0.15) is 54.7 Å². The molecule has 0 aliphatic heterocycles. The molecule has 0 radical (unpaired) electrons. The molecule has 1 N–H and O–H groups in total. The molecule has 1 aromatic carbocycles. The van der Waals surface area contributed by atoms with Crippen molar-refractivity contribution in [2.24, 2.45) is 0 Å². The van der Waals surface area contributed by atoms with Crippen molar-refractivity contribution in [1.82, 2.24) is 5.32 Å². The first-order valence-electron chi connectivity index (χ1n) is 6.97. The van der Waals surface area contributed by atoms with Crippen LogP contribution in [0.25, 0.3) is 0 Å². The molecule has 0 spiro atoms. The maximum atomic E-state index is 3.53. The van der Waals surface area contributed by atoms with E-state index in [1.165, 1.54) is 48.8 Å². The summed E-state index contributed by atoms with van der Waals surface area (Å²) in [5.41, 5.74) is 4.37. The van der Waals surface area contributed by atoms with Crippen molar-refractivity contribution in [3.05, 3.63) is 34.9 Å². The van der Waals surface area contributed by atoms with E-state index in [1.54, 1.807) is 0 Å².